The lowest BCUT2D eigenvalue weighted by Gasteiger charge is -2.38. The summed E-state index contributed by atoms with van der Waals surface area (Å²) in [7, 11) is -1.03. The zero-order valence-electron chi connectivity index (χ0n) is 25.8. The van der Waals surface area contributed by atoms with Crippen molar-refractivity contribution in [2.75, 3.05) is 34.9 Å². The zero-order valence-corrected chi connectivity index (χ0v) is 26.7. The number of benzene rings is 3. The SMILES string of the molecule is Cc1cccc(N(C(=O)Nc2cc(C(N)=O)c(F)cc2F)C2CCN(Cc3ccc(Nc4ccc(S(C)=O)cc4)nc3C)CC2)c1. The Kier molecular flexibility index (Phi) is 10.1. The molecule has 3 aromatic carbocycles. The third kappa shape index (κ3) is 7.75. The summed E-state index contributed by atoms with van der Waals surface area (Å²) in [6, 6.07) is 19.5. The minimum absolute atomic E-state index is 0.195. The third-order valence-corrected chi connectivity index (χ3v) is 8.97. The molecule has 5 rings (SSSR count). The van der Waals surface area contributed by atoms with Gasteiger partial charge in [0, 0.05) is 70.8 Å². The Labute approximate surface area is 269 Å². The van der Waals surface area contributed by atoms with Gasteiger partial charge in [0.2, 0.25) is 0 Å². The second-order valence-electron chi connectivity index (χ2n) is 11.4. The number of hydrogen-bond donors (Lipinski definition) is 3. The quantitative estimate of drug-likeness (QED) is 0.198. The number of anilines is 4. The van der Waals surface area contributed by atoms with E-state index in [1.165, 1.54) is 0 Å². The molecule has 0 aliphatic carbocycles. The Morgan fingerprint density at radius 1 is 1.00 bits per heavy atom. The summed E-state index contributed by atoms with van der Waals surface area (Å²) in [5, 5.41) is 5.82. The lowest BCUT2D eigenvalue weighted by molar-refractivity contribution is 0.0996. The van der Waals surface area contributed by atoms with Crippen molar-refractivity contribution in [1.82, 2.24) is 9.88 Å². The average molecular weight is 647 g/mol. The van der Waals surface area contributed by atoms with Crippen LogP contribution >= 0.6 is 0 Å². The highest BCUT2D eigenvalue weighted by Gasteiger charge is 2.30. The highest BCUT2D eigenvalue weighted by atomic mass is 32.2. The minimum atomic E-state index is -1.09. The van der Waals surface area contributed by atoms with Crippen molar-refractivity contribution in [1.29, 1.82) is 0 Å². The first-order chi connectivity index (χ1) is 22.0. The molecule has 1 aliphatic heterocycles. The van der Waals surface area contributed by atoms with E-state index in [1.54, 1.807) is 11.2 Å². The van der Waals surface area contributed by atoms with Gasteiger partial charge in [0.1, 0.15) is 17.5 Å². The van der Waals surface area contributed by atoms with Gasteiger partial charge >= 0.3 is 6.03 Å². The third-order valence-electron chi connectivity index (χ3n) is 8.03. The molecule has 46 heavy (non-hydrogen) atoms. The first kappa shape index (κ1) is 32.7. The maximum Gasteiger partial charge on any atom is 0.326 e. The number of nitrogens with zero attached hydrogens (tertiary/aromatic N) is 3. The van der Waals surface area contributed by atoms with Gasteiger partial charge in [-0.25, -0.2) is 18.6 Å². The van der Waals surface area contributed by atoms with E-state index < -0.39 is 39.9 Å². The zero-order chi connectivity index (χ0) is 33.0. The molecular formula is C34H36F2N6O3S. The highest BCUT2D eigenvalue weighted by Crippen LogP contribution is 2.28. The van der Waals surface area contributed by atoms with Crippen molar-refractivity contribution in [2.24, 2.45) is 5.73 Å². The van der Waals surface area contributed by atoms with E-state index in [4.69, 9.17) is 10.7 Å². The molecule has 1 atom stereocenters. The number of primary amides is 1. The summed E-state index contributed by atoms with van der Waals surface area (Å²) in [5.41, 5.74) is 8.84. The Balaban J connectivity index is 1.26. The van der Waals surface area contributed by atoms with Crippen molar-refractivity contribution in [3.63, 3.8) is 0 Å². The van der Waals surface area contributed by atoms with Crippen molar-refractivity contribution in [3.05, 3.63) is 107 Å². The number of aryl methyl sites for hydroxylation is 2. The van der Waals surface area contributed by atoms with Crippen LogP contribution in [0.1, 0.15) is 40.0 Å². The summed E-state index contributed by atoms with van der Waals surface area (Å²) in [6.45, 7) is 6.00. The fraction of sp³-hybridized carbons (Fsp3) is 0.265. The number of halogens is 2. The number of amides is 3. The van der Waals surface area contributed by atoms with Crippen molar-refractivity contribution < 1.29 is 22.6 Å². The predicted molar refractivity (Wildman–Crippen MR) is 177 cm³/mol. The molecule has 3 amide bonds. The first-order valence-electron chi connectivity index (χ1n) is 14.8. The number of carbonyl (C=O) groups is 2. The molecule has 12 heteroatoms. The predicted octanol–water partition coefficient (Wildman–Crippen LogP) is 6.26. The van der Waals surface area contributed by atoms with Crippen LogP contribution in [0.2, 0.25) is 0 Å². The van der Waals surface area contributed by atoms with Crippen LogP contribution in [0.15, 0.2) is 77.7 Å². The van der Waals surface area contributed by atoms with Gasteiger partial charge in [-0.2, -0.15) is 0 Å². The number of nitrogens with one attached hydrogen (secondary N) is 2. The van der Waals surface area contributed by atoms with Gasteiger partial charge < -0.3 is 16.4 Å². The lowest BCUT2D eigenvalue weighted by Crippen LogP contribution is -2.49. The molecule has 0 spiro atoms. The van der Waals surface area contributed by atoms with Crippen LogP contribution in [0, 0.1) is 25.5 Å². The first-order valence-corrected chi connectivity index (χ1v) is 16.4. The molecular weight excluding hydrogens is 610 g/mol. The number of urea groups is 1. The number of hydrogen-bond acceptors (Lipinski definition) is 6. The van der Waals surface area contributed by atoms with E-state index in [0.29, 0.717) is 50.0 Å². The number of likely N-dealkylation sites (tertiary alicyclic amines) is 1. The van der Waals surface area contributed by atoms with Crippen LogP contribution in [-0.4, -0.2) is 51.4 Å². The number of carbonyl (C=O) groups excluding carboxylic acids is 2. The fourth-order valence-corrected chi connectivity index (χ4v) is 6.08. The Morgan fingerprint density at radius 2 is 1.72 bits per heavy atom. The Hall–Kier alpha value is -4.68. The van der Waals surface area contributed by atoms with Crippen molar-refractivity contribution >= 4 is 45.6 Å². The van der Waals surface area contributed by atoms with Gasteiger partial charge in [-0.3, -0.25) is 18.8 Å². The van der Waals surface area contributed by atoms with E-state index in [9.17, 15) is 22.6 Å². The van der Waals surface area contributed by atoms with Crippen LogP contribution in [-0.2, 0) is 17.3 Å². The molecule has 0 bridgehead atoms. The van der Waals surface area contributed by atoms with Gasteiger partial charge in [-0.1, -0.05) is 18.2 Å². The van der Waals surface area contributed by atoms with E-state index in [1.807, 2.05) is 68.4 Å². The molecule has 1 aliphatic rings. The van der Waals surface area contributed by atoms with E-state index in [2.05, 4.69) is 21.6 Å². The van der Waals surface area contributed by atoms with Gasteiger partial charge in [-0.15, -0.1) is 0 Å². The molecule has 0 saturated carbocycles. The second-order valence-corrected chi connectivity index (χ2v) is 12.7. The van der Waals surface area contributed by atoms with Crippen LogP contribution < -0.4 is 21.3 Å². The Bertz CT molecular complexity index is 1780. The molecule has 1 fully saturated rings. The van der Waals surface area contributed by atoms with E-state index >= 15 is 0 Å². The maximum absolute atomic E-state index is 14.6. The monoisotopic (exact) mass is 646 g/mol. The van der Waals surface area contributed by atoms with Crippen molar-refractivity contribution in [2.45, 2.75) is 44.2 Å². The summed E-state index contributed by atoms with van der Waals surface area (Å²) >= 11 is 0. The summed E-state index contributed by atoms with van der Waals surface area (Å²) in [6.07, 6.45) is 2.96. The van der Waals surface area contributed by atoms with Crippen molar-refractivity contribution in [3.8, 4) is 0 Å². The molecule has 9 nitrogen and oxygen atoms in total. The highest BCUT2D eigenvalue weighted by molar-refractivity contribution is 7.84. The molecule has 2 heterocycles. The topological polar surface area (TPSA) is 121 Å². The smallest absolute Gasteiger partial charge is 0.326 e. The number of nitrogens with two attached hydrogens (primary N) is 1. The number of pyridine rings is 1. The van der Waals surface area contributed by atoms with E-state index in [-0.39, 0.29) is 11.7 Å². The largest absolute Gasteiger partial charge is 0.366 e. The number of rotatable bonds is 9. The fourth-order valence-electron chi connectivity index (χ4n) is 5.56. The number of aromatic nitrogens is 1. The maximum atomic E-state index is 14.6. The molecule has 0 radical (unpaired) electrons. The van der Waals surface area contributed by atoms with Crippen LogP contribution in [0.5, 0.6) is 0 Å². The molecule has 4 aromatic rings. The summed E-state index contributed by atoms with van der Waals surface area (Å²) in [4.78, 5) is 34.7. The Morgan fingerprint density at radius 3 is 2.35 bits per heavy atom. The number of piperidine rings is 1. The summed E-state index contributed by atoms with van der Waals surface area (Å²) < 4.78 is 40.3. The molecule has 4 N–H and O–H groups in total. The minimum Gasteiger partial charge on any atom is -0.366 e. The standard InChI is InChI=1S/C34H36F2N6O3S/c1-21-5-4-6-26(17-21)42(34(44)40-31-18-28(33(37)43)29(35)19-30(31)36)25-13-15-41(16-14-25)20-23-7-12-32(38-22(23)2)39-24-8-10-27(11-9-24)46(3)45/h4-12,17-19,25H,13-16,20H2,1-3H3,(H2,37,43)(H,38,39)(H,40,44). The summed E-state index contributed by atoms with van der Waals surface area (Å²) in [5.74, 6) is -2.45. The van der Waals surface area contributed by atoms with E-state index in [0.717, 1.165) is 33.5 Å². The lowest BCUT2D eigenvalue weighted by atomic mass is 10.0. The van der Waals surface area contributed by atoms with Gasteiger partial charge in [0.05, 0.1) is 11.3 Å². The van der Waals surface area contributed by atoms with Crippen LogP contribution in [0.25, 0.3) is 0 Å². The van der Waals surface area contributed by atoms with Gasteiger partial charge in [0.25, 0.3) is 5.91 Å². The van der Waals surface area contributed by atoms with Crippen LogP contribution in [0.3, 0.4) is 0 Å². The molecule has 1 aromatic heterocycles. The normalized spacial score (nSPS) is 14.5. The second kappa shape index (κ2) is 14.2. The van der Waals surface area contributed by atoms with Gasteiger partial charge in [0.15, 0.2) is 0 Å². The molecule has 1 unspecified atom stereocenters. The molecule has 1 saturated heterocycles. The van der Waals surface area contributed by atoms with Crippen LogP contribution in [0.4, 0.5) is 36.5 Å². The van der Waals surface area contributed by atoms with Gasteiger partial charge in [-0.05, 0) is 86.3 Å². The molecule has 240 valence electrons. The average Bonchev–Trinajstić information content (AvgIpc) is 3.01.